The quantitative estimate of drug-likeness (QED) is 0.263. The number of benzene rings is 1. The van der Waals surface area contributed by atoms with Crippen LogP contribution in [0.25, 0.3) is 0 Å². The van der Waals surface area contributed by atoms with E-state index >= 15 is 0 Å². The highest BCUT2D eigenvalue weighted by atomic mass is 31.2. The van der Waals surface area contributed by atoms with Crippen molar-refractivity contribution in [1.29, 1.82) is 0 Å². The highest BCUT2D eigenvalue weighted by Crippen LogP contribution is 2.43. The fourth-order valence-electron chi connectivity index (χ4n) is 2.71. The molecule has 0 heterocycles. The molecule has 26 heavy (non-hydrogen) atoms. The van der Waals surface area contributed by atoms with Gasteiger partial charge in [-0.2, -0.15) is 0 Å². The second-order valence-corrected chi connectivity index (χ2v) is 8.16. The molecule has 0 spiro atoms. The SMILES string of the molecule is CC(C)CCCCCCCOP(OC1=CCCC=C1)Oc1ccccc1. The van der Waals surface area contributed by atoms with E-state index in [2.05, 4.69) is 26.0 Å². The minimum absolute atomic E-state index is 0.680. The predicted molar refractivity (Wildman–Crippen MR) is 110 cm³/mol. The van der Waals surface area contributed by atoms with E-state index in [0.29, 0.717) is 6.61 Å². The summed E-state index contributed by atoms with van der Waals surface area (Å²) in [5.41, 5.74) is 0. The smallest absolute Gasteiger partial charge is 0.418 e. The minimum Gasteiger partial charge on any atom is -0.418 e. The van der Waals surface area contributed by atoms with E-state index in [1.54, 1.807) is 0 Å². The van der Waals surface area contributed by atoms with Gasteiger partial charge in [0.1, 0.15) is 11.5 Å². The number of hydrogen-bond donors (Lipinski definition) is 0. The third kappa shape index (κ3) is 9.40. The van der Waals surface area contributed by atoms with Crippen molar-refractivity contribution in [2.45, 2.75) is 65.2 Å². The Balaban J connectivity index is 1.69. The van der Waals surface area contributed by atoms with Crippen LogP contribution in [-0.2, 0) is 9.05 Å². The lowest BCUT2D eigenvalue weighted by Crippen LogP contribution is -2.00. The van der Waals surface area contributed by atoms with Crippen molar-refractivity contribution in [2.75, 3.05) is 6.61 Å². The summed E-state index contributed by atoms with van der Waals surface area (Å²) >= 11 is 0. The highest BCUT2D eigenvalue weighted by molar-refractivity contribution is 7.42. The van der Waals surface area contributed by atoms with Crippen molar-refractivity contribution >= 4 is 8.60 Å². The average Bonchev–Trinajstić information content (AvgIpc) is 2.65. The zero-order valence-corrected chi connectivity index (χ0v) is 17.1. The number of rotatable bonds is 13. The molecule has 0 bridgehead atoms. The first-order chi connectivity index (χ1) is 12.7. The first-order valence-electron chi connectivity index (χ1n) is 9.95. The van der Waals surface area contributed by atoms with Gasteiger partial charge >= 0.3 is 8.60 Å². The Bertz CT molecular complexity index is 540. The van der Waals surface area contributed by atoms with Crippen LogP contribution in [0.15, 0.2) is 54.3 Å². The summed E-state index contributed by atoms with van der Waals surface area (Å²) in [6, 6.07) is 9.76. The molecule has 1 aromatic carbocycles. The lowest BCUT2D eigenvalue weighted by atomic mass is 10.0. The monoisotopic (exact) mass is 376 g/mol. The molecular weight excluding hydrogens is 343 g/mol. The van der Waals surface area contributed by atoms with E-state index < -0.39 is 8.60 Å². The highest BCUT2D eigenvalue weighted by Gasteiger charge is 2.18. The Hall–Kier alpha value is -1.31. The molecule has 0 aromatic heterocycles. The lowest BCUT2D eigenvalue weighted by Gasteiger charge is -2.19. The summed E-state index contributed by atoms with van der Waals surface area (Å²) in [7, 11) is -1.42. The Labute approximate surface area is 160 Å². The van der Waals surface area contributed by atoms with Gasteiger partial charge in [0.15, 0.2) is 0 Å². The van der Waals surface area contributed by atoms with Gasteiger partial charge in [0.2, 0.25) is 0 Å². The van der Waals surface area contributed by atoms with Crippen LogP contribution >= 0.6 is 8.60 Å². The first-order valence-corrected chi connectivity index (χ1v) is 11.0. The summed E-state index contributed by atoms with van der Waals surface area (Å²) in [6.07, 6.45) is 15.8. The number of unbranched alkanes of at least 4 members (excludes halogenated alkanes) is 4. The van der Waals surface area contributed by atoms with Crippen molar-refractivity contribution in [2.24, 2.45) is 5.92 Å². The summed E-state index contributed by atoms with van der Waals surface area (Å²) in [6.45, 7) is 5.26. The van der Waals surface area contributed by atoms with Crippen molar-refractivity contribution in [1.82, 2.24) is 0 Å². The van der Waals surface area contributed by atoms with Gasteiger partial charge in [0.05, 0.1) is 6.61 Å². The predicted octanol–water partition coefficient (Wildman–Crippen LogP) is 7.56. The molecule has 1 aliphatic rings. The van der Waals surface area contributed by atoms with Crippen molar-refractivity contribution in [3.63, 3.8) is 0 Å². The maximum absolute atomic E-state index is 5.96. The molecule has 0 N–H and O–H groups in total. The third-order valence-corrected chi connectivity index (χ3v) is 5.30. The van der Waals surface area contributed by atoms with Crippen LogP contribution in [0.5, 0.6) is 5.75 Å². The molecule has 3 nitrogen and oxygen atoms in total. The van der Waals surface area contributed by atoms with Gasteiger partial charge < -0.3 is 9.05 Å². The molecule has 0 amide bonds. The van der Waals surface area contributed by atoms with Crippen LogP contribution in [0.4, 0.5) is 0 Å². The molecule has 0 saturated heterocycles. The lowest BCUT2D eigenvalue weighted by molar-refractivity contribution is 0.236. The molecule has 1 aliphatic carbocycles. The van der Waals surface area contributed by atoms with Crippen molar-refractivity contribution in [3.05, 3.63) is 54.3 Å². The average molecular weight is 376 g/mol. The molecule has 1 unspecified atom stereocenters. The summed E-state index contributed by atoms with van der Waals surface area (Å²) in [5, 5.41) is 0. The van der Waals surface area contributed by atoms with E-state index in [1.807, 2.05) is 36.4 Å². The summed E-state index contributed by atoms with van der Waals surface area (Å²) in [5.74, 6) is 2.46. The van der Waals surface area contributed by atoms with Crippen LogP contribution in [-0.4, -0.2) is 6.61 Å². The first kappa shape index (κ1) is 21.0. The van der Waals surface area contributed by atoms with Crippen LogP contribution in [0.1, 0.15) is 65.2 Å². The van der Waals surface area contributed by atoms with E-state index in [0.717, 1.165) is 36.7 Å². The topological polar surface area (TPSA) is 27.7 Å². The van der Waals surface area contributed by atoms with Crippen molar-refractivity contribution < 1.29 is 13.6 Å². The molecule has 1 atom stereocenters. The second kappa shape index (κ2) is 12.9. The second-order valence-electron chi connectivity index (χ2n) is 7.09. The largest absolute Gasteiger partial charge is 0.463 e. The van der Waals surface area contributed by atoms with E-state index in [4.69, 9.17) is 13.6 Å². The normalized spacial score (nSPS) is 15.0. The van der Waals surface area contributed by atoms with E-state index in [1.165, 1.54) is 32.1 Å². The molecule has 1 aromatic rings. The van der Waals surface area contributed by atoms with Crippen LogP contribution in [0.3, 0.4) is 0 Å². The van der Waals surface area contributed by atoms with Gasteiger partial charge in [-0.1, -0.05) is 70.2 Å². The standard InChI is InChI=1S/C22H33O3P/c1-20(2)14-8-4-3-5-13-19-23-26(24-21-15-9-6-10-16-21)25-22-17-11-7-12-18-22/h6,9-11,15-18,20H,3-5,7-8,12-14,19H2,1-2H3. The Morgan fingerprint density at radius 1 is 0.923 bits per heavy atom. The van der Waals surface area contributed by atoms with Gasteiger partial charge in [-0.25, -0.2) is 0 Å². The maximum atomic E-state index is 5.96. The van der Waals surface area contributed by atoms with E-state index in [9.17, 15) is 0 Å². The summed E-state index contributed by atoms with van der Waals surface area (Å²) in [4.78, 5) is 0. The van der Waals surface area contributed by atoms with Gasteiger partial charge in [-0.05, 0) is 49.5 Å². The third-order valence-electron chi connectivity index (χ3n) is 4.19. The zero-order valence-electron chi connectivity index (χ0n) is 16.2. The molecule has 0 saturated carbocycles. The molecular formula is C22H33O3P. The molecule has 0 radical (unpaired) electrons. The van der Waals surface area contributed by atoms with E-state index in [-0.39, 0.29) is 0 Å². The molecule has 0 fully saturated rings. The fourth-order valence-corrected chi connectivity index (χ4v) is 3.73. The minimum atomic E-state index is -1.42. The van der Waals surface area contributed by atoms with Crippen LogP contribution < -0.4 is 4.52 Å². The molecule has 2 rings (SSSR count). The maximum Gasteiger partial charge on any atom is 0.463 e. The van der Waals surface area contributed by atoms with Crippen molar-refractivity contribution in [3.8, 4) is 5.75 Å². The molecule has 4 heteroatoms. The fraction of sp³-hybridized carbons (Fsp3) is 0.545. The van der Waals surface area contributed by atoms with Gasteiger partial charge in [-0.15, -0.1) is 0 Å². The van der Waals surface area contributed by atoms with Crippen LogP contribution in [0, 0.1) is 5.92 Å². The van der Waals surface area contributed by atoms with Gasteiger partial charge in [0, 0.05) is 0 Å². The number of allylic oxidation sites excluding steroid dienone is 3. The zero-order chi connectivity index (χ0) is 18.5. The Morgan fingerprint density at radius 3 is 2.42 bits per heavy atom. The Morgan fingerprint density at radius 2 is 1.69 bits per heavy atom. The number of para-hydroxylation sites is 1. The molecule has 144 valence electrons. The Kier molecular flexibility index (Phi) is 10.5. The summed E-state index contributed by atoms with van der Waals surface area (Å²) < 4.78 is 17.8. The van der Waals surface area contributed by atoms with Crippen LogP contribution in [0.2, 0.25) is 0 Å². The number of hydrogen-bond acceptors (Lipinski definition) is 3. The molecule has 0 aliphatic heterocycles. The van der Waals surface area contributed by atoms with Gasteiger partial charge in [-0.3, -0.25) is 4.52 Å². The van der Waals surface area contributed by atoms with Gasteiger partial charge in [0.25, 0.3) is 0 Å².